The number of nitriles is 1. The highest BCUT2D eigenvalue weighted by Crippen LogP contribution is 2.25. The quantitative estimate of drug-likeness (QED) is 0.655. The first-order chi connectivity index (χ1) is 12.4. The molecule has 0 saturated heterocycles. The Bertz CT molecular complexity index is 1020. The number of ether oxygens (including phenoxy) is 1. The number of hydrogen-bond acceptors (Lipinski definition) is 3. The van der Waals surface area contributed by atoms with Gasteiger partial charge >= 0.3 is 0 Å². The van der Waals surface area contributed by atoms with Crippen LogP contribution in [0.4, 0.5) is 8.78 Å². The topological polar surface area (TPSA) is 50.8 Å². The van der Waals surface area contributed by atoms with Crippen LogP contribution in [0.5, 0.6) is 5.75 Å². The molecule has 0 radical (unpaired) electrons. The van der Waals surface area contributed by atoms with Crippen LogP contribution in [0.3, 0.4) is 0 Å². The van der Waals surface area contributed by atoms with Crippen LogP contribution in [-0.4, -0.2) is 9.78 Å². The van der Waals surface area contributed by atoms with Gasteiger partial charge in [0, 0.05) is 17.3 Å². The fourth-order valence-electron chi connectivity index (χ4n) is 2.60. The van der Waals surface area contributed by atoms with Gasteiger partial charge in [-0.25, -0.2) is 13.5 Å². The molecule has 0 N–H and O–H groups in total. The molecule has 0 aliphatic rings. The van der Waals surface area contributed by atoms with Crippen LogP contribution in [0, 0.1) is 36.8 Å². The molecule has 3 aromatic rings. The summed E-state index contributed by atoms with van der Waals surface area (Å²) in [5, 5.41) is 13.8. The second-order valence-corrected chi connectivity index (χ2v) is 6.11. The van der Waals surface area contributed by atoms with E-state index in [4.69, 9.17) is 21.6 Å². The summed E-state index contributed by atoms with van der Waals surface area (Å²) < 4.78 is 34.1. The molecule has 3 rings (SSSR count). The highest BCUT2D eigenvalue weighted by Gasteiger charge is 2.15. The number of halogens is 3. The van der Waals surface area contributed by atoms with Crippen LogP contribution in [0.1, 0.15) is 22.5 Å². The lowest BCUT2D eigenvalue weighted by Gasteiger charge is -2.09. The molecule has 0 spiro atoms. The number of benzene rings is 2. The molecule has 1 heterocycles. The summed E-state index contributed by atoms with van der Waals surface area (Å²) in [6.07, 6.45) is 0. The van der Waals surface area contributed by atoms with Gasteiger partial charge < -0.3 is 4.74 Å². The molecular formula is C19H14ClF2N3O. The van der Waals surface area contributed by atoms with Gasteiger partial charge in [0.05, 0.1) is 22.0 Å². The second-order valence-electron chi connectivity index (χ2n) is 5.70. The van der Waals surface area contributed by atoms with Crippen molar-refractivity contribution in [1.82, 2.24) is 9.78 Å². The number of aromatic nitrogens is 2. The zero-order valence-electron chi connectivity index (χ0n) is 14.1. The van der Waals surface area contributed by atoms with E-state index in [2.05, 4.69) is 5.10 Å². The lowest BCUT2D eigenvalue weighted by Crippen LogP contribution is -2.02. The van der Waals surface area contributed by atoms with Crippen LogP contribution < -0.4 is 4.74 Å². The maximum atomic E-state index is 13.7. The van der Waals surface area contributed by atoms with Crippen LogP contribution in [0.2, 0.25) is 5.02 Å². The van der Waals surface area contributed by atoms with Crippen molar-refractivity contribution < 1.29 is 13.5 Å². The number of nitrogens with zero attached hydrogens (tertiary/aromatic N) is 3. The standard InChI is InChI=1S/C19H14ClF2N3O/c1-11-16(10-26-19-7-14(21)4-6-18(19)22)12(2)25(24-11)15-5-3-13(9-23)17(20)8-15/h3-8H,10H2,1-2H3. The van der Waals surface area contributed by atoms with E-state index < -0.39 is 11.6 Å². The molecule has 2 aromatic carbocycles. The SMILES string of the molecule is Cc1nn(-c2ccc(C#N)c(Cl)c2)c(C)c1COc1cc(F)ccc1F. The number of aryl methyl sites for hydroxylation is 1. The summed E-state index contributed by atoms with van der Waals surface area (Å²) in [6, 6.07) is 10.1. The molecule has 0 atom stereocenters. The average Bonchev–Trinajstić information content (AvgIpc) is 2.90. The zero-order valence-corrected chi connectivity index (χ0v) is 14.8. The minimum absolute atomic E-state index is 0.0437. The highest BCUT2D eigenvalue weighted by molar-refractivity contribution is 6.31. The van der Waals surface area contributed by atoms with Crippen molar-refractivity contribution in [3.8, 4) is 17.5 Å². The van der Waals surface area contributed by atoms with Gasteiger partial charge in [-0.2, -0.15) is 10.4 Å². The number of hydrogen-bond donors (Lipinski definition) is 0. The van der Waals surface area contributed by atoms with Crippen molar-refractivity contribution in [2.45, 2.75) is 20.5 Å². The zero-order chi connectivity index (χ0) is 18.8. The van der Waals surface area contributed by atoms with Crippen molar-refractivity contribution in [1.29, 1.82) is 5.26 Å². The van der Waals surface area contributed by atoms with Gasteiger partial charge in [-0.3, -0.25) is 0 Å². The average molecular weight is 374 g/mol. The van der Waals surface area contributed by atoms with E-state index in [0.717, 1.165) is 29.5 Å². The lowest BCUT2D eigenvalue weighted by molar-refractivity contribution is 0.287. The van der Waals surface area contributed by atoms with Crippen molar-refractivity contribution in [2.75, 3.05) is 0 Å². The van der Waals surface area contributed by atoms with Crippen molar-refractivity contribution >= 4 is 11.6 Å². The second kappa shape index (κ2) is 7.14. The van der Waals surface area contributed by atoms with Crippen LogP contribution >= 0.6 is 11.6 Å². The molecular weight excluding hydrogens is 360 g/mol. The summed E-state index contributed by atoms with van der Waals surface area (Å²) in [6.45, 7) is 3.68. The van der Waals surface area contributed by atoms with E-state index in [1.807, 2.05) is 13.0 Å². The summed E-state index contributed by atoms with van der Waals surface area (Å²) in [7, 11) is 0. The molecule has 7 heteroatoms. The first kappa shape index (κ1) is 17.9. The summed E-state index contributed by atoms with van der Waals surface area (Å²) in [5.74, 6) is -1.36. The van der Waals surface area contributed by atoms with Gasteiger partial charge in [0.1, 0.15) is 18.5 Å². The predicted molar refractivity (Wildman–Crippen MR) is 93.5 cm³/mol. The lowest BCUT2D eigenvalue weighted by atomic mass is 10.2. The molecule has 132 valence electrons. The van der Waals surface area contributed by atoms with Crippen molar-refractivity contribution in [2.24, 2.45) is 0 Å². The maximum absolute atomic E-state index is 13.7. The fraction of sp³-hybridized carbons (Fsp3) is 0.158. The molecule has 0 bridgehead atoms. The minimum Gasteiger partial charge on any atom is -0.486 e. The van der Waals surface area contributed by atoms with Crippen LogP contribution in [0.15, 0.2) is 36.4 Å². The molecule has 1 aromatic heterocycles. The Morgan fingerprint density at radius 2 is 1.96 bits per heavy atom. The third-order valence-corrected chi connectivity index (χ3v) is 4.34. The van der Waals surface area contributed by atoms with E-state index in [-0.39, 0.29) is 12.4 Å². The van der Waals surface area contributed by atoms with Gasteiger partial charge in [0.15, 0.2) is 11.6 Å². The Kier molecular flexibility index (Phi) is 4.92. The third kappa shape index (κ3) is 3.39. The largest absolute Gasteiger partial charge is 0.486 e. The monoisotopic (exact) mass is 373 g/mol. The van der Waals surface area contributed by atoms with E-state index in [0.29, 0.717) is 22.0 Å². The molecule has 0 aliphatic heterocycles. The Balaban J connectivity index is 1.90. The van der Waals surface area contributed by atoms with Gasteiger partial charge in [-0.15, -0.1) is 0 Å². The minimum atomic E-state index is -0.632. The Morgan fingerprint density at radius 1 is 1.19 bits per heavy atom. The van der Waals surface area contributed by atoms with Crippen molar-refractivity contribution in [3.63, 3.8) is 0 Å². The van der Waals surface area contributed by atoms with Crippen LogP contribution in [0.25, 0.3) is 5.69 Å². The maximum Gasteiger partial charge on any atom is 0.165 e. The van der Waals surface area contributed by atoms with E-state index >= 15 is 0 Å². The molecule has 4 nitrogen and oxygen atoms in total. The van der Waals surface area contributed by atoms with Crippen LogP contribution in [-0.2, 0) is 6.61 Å². The van der Waals surface area contributed by atoms with E-state index in [1.165, 1.54) is 0 Å². The third-order valence-electron chi connectivity index (χ3n) is 4.02. The molecule has 26 heavy (non-hydrogen) atoms. The number of rotatable bonds is 4. The first-order valence-electron chi connectivity index (χ1n) is 7.73. The van der Waals surface area contributed by atoms with Gasteiger partial charge in [-0.1, -0.05) is 11.6 Å². The predicted octanol–water partition coefficient (Wildman–Crippen LogP) is 4.87. The normalized spacial score (nSPS) is 10.6. The molecule has 0 amide bonds. The molecule has 0 unspecified atom stereocenters. The van der Waals surface area contributed by atoms with Crippen molar-refractivity contribution in [3.05, 3.63) is 75.6 Å². The highest BCUT2D eigenvalue weighted by atomic mass is 35.5. The fourth-order valence-corrected chi connectivity index (χ4v) is 2.82. The first-order valence-corrected chi connectivity index (χ1v) is 8.11. The van der Waals surface area contributed by atoms with Gasteiger partial charge in [0.2, 0.25) is 0 Å². The summed E-state index contributed by atoms with van der Waals surface area (Å²) in [5.41, 5.74) is 3.30. The smallest absolute Gasteiger partial charge is 0.165 e. The van der Waals surface area contributed by atoms with Gasteiger partial charge in [-0.05, 0) is 44.2 Å². The summed E-state index contributed by atoms with van der Waals surface area (Å²) >= 11 is 6.09. The molecule has 0 fully saturated rings. The Hall–Kier alpha value is -2.91. The Morgan fingerprint density at radius 3 is 2.65 bits per heavy atom. The summed E-state index contributed by atoms with van der Waals surface area (Å²) in [4.78, 5) is 0. The van der Waals surface area contributed by atoms with E-state index in [1.54, 1.807) is 29.8 Å². The molecule has 0 saturated carbocycles. The van der Waals surface area contributed by atoms with Gasteiger partial charge in [0.25, 0.3) is 0 Å². The Labute approximate surface area is 154 Å². The molecule has 0 aliphatic carbocycles. The van der Waals surface area contributed by atoms with E-state index in [9.17, 15) is 8.78 Å².